The lowest BCUT2D eigenvalue weighted by Gasteiger charge is -2.27. The molecule has 0 saturated carbocycles. The monoisotopic (exact) mass is 347 g/mol. The quantitative estimate of drug-likeness (QED) is 0.672. The molecule has 0 bridgehead atoms. The van der Waals surface area contributed by atoms with Crippen LogP contribution in [0, 0.1) is 0 Å². The van der Waals surface area contributed by atoms with Crippen LogP contribution in [-0.2, 0) is 14.2 Å². The fraction of sp³-hybridized carbons (Fsp3) is 0.632. The number of hydrogen-bond donors (Lipinski definition) is 0. The van der Waals surface area contributed by atoms with Crippen LogP contribution in [0.3, 0.4) is 0 Å². The Balaban J connectivity index is 1.52. The van der Waals surface area contributed by atoms with Crippen LogP contribution >= 0.6 is 0 Å². The molecule has 1 aromatic rings. The SMILES string of the molecule is CC1(COc2ccccc2C(=O)N(CC2(C)CO2)CC2(C)CO2)CO1. The van der Waals surface area contributed by atoms with Crippen LogP contribution < -0.4 is 4.74 Å². The molecule has 0 radical (unpaired) electrons. The molecule has 1 amide bonds. The second-order valence-corrected chi connectivity index (χ2v) is 8.16. The molecule has 0 spiro atoms. The maximum absolute atomic E-state index is 13.2. The van der Waals surface area contributed by atoms with E-state index in [0.29, 0.717) is 50.8 Å². The van der Waals surface area contributed by atoms with Crippen LogP contribution in [0.4, 0.5) is 0 Å². The molecular weight excluding hydrogens is 322 g/mol. The zero-order chi connectivity index (χ0) is 17.7. The van der Waals surface area contributed by atoms with E-state index in [4.69, 9.17) is 18.9 Å². The van der Waals surface area contributed by atoms with Crippen molar-refractivity contribution in [2.75, 3.05) is 39.5 Å². The highest BCUT2D eigenvalue weighted by Gasteiger charge is 2.47. The maximum atomic E-state index is 13.2. The molecule has 136 valence electrons. The average molecular weight is 347 g/mol. The van der Waals surface area contributed by atoms with E-state index in [1.165, 1.54) is 0 Å². The molecule has 0 N–H and O–H groups in total. The molecule has 1 aromatic carbocycles. The van der Waals surface area contributed by atoms with Gasteiger partial charge in [-0.3, -0.25) is 4.79 Å². The van der Waals surface area contributed by atoms with E-state index in [1.54, 1.807) is 0 Å². The van der Waals surface area contributed by atoms with Crippen LogP contribution in [0.1, 0.15) is 31.1 Å². The number of nitrogens with zero attached hydrogens (tertiary/aromatic N) is 1. The zero-order valence-electron chi connectivity index (χ0n) is 15.0. The average Bonchev–Trinajstić information content (AvgIpc) is 3.51. The lowest BCUT2D eigenvalue weighted by Crippen LogP contribution is -2.43. The molecular formula is C19H25NO5. The number of para-hydroxylation sites is 1. The number of carbonyl (C=O) groups is 1. The summed E-state index contributed by atoms with van der Waals surface area (Å²) < 4.78 is 22.2. The largest absolute Gasteiger partial charge is 0.490 e. The van der Waals surface area contributed by atoms with Gasteiger partial charge in [-0.05, 0) is 32.9 Å². The minimum absolute atomic E-state index is 0.0501. The molecule has 3 saturated heterocycles. The van der Waals surface area contributed by atoms with E-state index in [2.05, 4.69) is 0 Å². The van der Waals surface area contributed by atoms with Gasteiger partial charge < -0.3 is 23.8 Å². The van der Waals surface area contributed by atoms with Crippen molar-refractivity contribution in [3.05, 3.63) is 29.8 Å². The number of hydrogen-bond acceptors (Lipinski definition) is 5. The van der Waals surface area contributed by atoms with Crippen LogP contribution in [-0.4, -0.2) is 67.1 Å². The topological polar surface area (TPSA) is 67.1 Å². The van der Waals surface area contributed by atoms with Crippen LogP contribution in [0.2, 0.25) is 0 Å². The maximum Gasteiger partial charge on any atom is 0.257 e. The standard InChI is InChI=1S/C19H25NO5/c1-17(11-23-17)8-20(9-18(2)12-24-18)16(21)14-6-4-5-7-15(14)22-10-19(3)13-25-19/h4-7H,8-13H2,1-3H3. The van der Waals surface area contributed by atoms with Crippen molar-refractivity contribution in [1.82, 2.24) is 4.90 Å². The first-order chi connectivity index (χ1) is 11.8. The van der Waals surface area contributed by atoms with Crippen molar-refractivity contribution in [3.8, 4) is 5.75 Å². The molecule has 3 unspecified atom stereocenters. The smallest absolute Gasteiger partial charge is 0.257 e. The summed E-state index contributed by atoms with van der Waals surface area (Å²) in [6.45, 7) is 9.66. The number of carbonyl (C=O) groups excluding carboxylic acids is 1. The summed E-state index contributed by atoms with van der Waals surface area (Å²) >= 11 is 0. The minimum atomic E-state index is -0.244. The number of rotatable bonds is 8. The lowest BCUT2D eigenvalue weighted by molar-refractivity contribution is 0.0658. The van der Waals surface area contributed by atoms with E-state index in [-0.39, 0.29) is 22.7 Å². The Bertz CT molecular complexity index is 656. The lowest BCUT2D eigenvalue weighted by atomic mass is 10.1. The summed E-state index contributed by atoms with van der Waals surface area (Å²) in [6, 6.07) is 7.39. The highest BCUT2D eigenvalue weighted by Crippen LogP contribution is 2.33. The number of benzene rings is 1. The molecule has 25 heavy (non-hydrogen) atoms. The Morgan fingerprint density at radius 1 is 1.00 bits per heavy atom. The van der Waals surface area contributed by atoms with Crippen molar-refractivity contribution < 1.29 is 23.7 Å². The van der Waals surface area contributed by atoms with Crippen LogP contribution in [0.5, 0.6) is 5.75 Å². The molecule has 4 rings (SSSR count). The Morgan fingerprint density at radius 3 is 2.04 bits per heavy atom. The number of amides is 1. The van der Waals surface area contributed by atoms with Crippen molar-refractivity contribution in [3.63, 3.8) is 0 Å². The van der Waals surface area contributed by atoms with Gasteiger partial charge in [0.25, 0.3) is 5.91 Å². The summed E-state index contributed by atoms with van der Waals surface area (Å²) in [5, 5.41) is 0. The highest BCUT2D eigenvalue weighted by molar-refractivity contribution is 5.97. The number of epoxide rings is 3. The van der Waals surface area contributed by atoms with E-state index in [1.807, 2.05) is 49.9 Å². The van der Waals surface area contributed by atoms with E-state index in [0.717, 1.165) is 0 Å². The highest BCUT2D eigenvalue weighted by atomic mass is 16.6. The van der Waals surface area contributed by atoms with E-state index >= 15 is 0 Å². The molecule has 3 fully saturated rings. The third-order valence-electron chi connectivity index (χ3n) is 4.90. The van der Waals surface area contributed by atoms with Gasteiger partial charge in [-0.25, -0.2) is 0 Å². The van der Waals surface area contributed by atoms with Crippen LogP contribution in [0.25, 0.3) is 0 Å². The third kappa shape index (κ3) is 3.97. The van der Waals surface area contributed by atoms with E-state index in [9.17, 15) is 4.79 Å². The second-order valence-electron chi connectivity index (χ2n) is 8.16. The Kier molecular flexibility index (Phi) is 3.83. The first kappa shape index (κ1) is 16.8. The summed E-state index contributed by atoms with van der Waals surface area (Å²) in [7, 11) is 0. The molecule has 3 atom stereocenters. The molecule has 0 aliphatic carbocycles. The van der Waals surface area contributed by atoms with Gasteiger partial charge in [-0.15, -0.1) is 0 Å². The summed E-state index contributed by atoms with van der Waals surface area (Å²) in [4.78, 5) is 15.1. The predicted molar refractivity (Wildman–Crippen MR) is 90.9 cm³/mol. The van der Waals surface area contributed by atoms with Gasteiger partial charge in [0.2, 0.25) is 0 Å². The Labute approximate surface area is 148 Å². The summed E-state index contributed by atoms with van der Waals surface area (Å²) in [5.74, 6) is 0.545. The van der Waals surface area contributed by atoms with Crippen LogP contribution in [0.15, 0.2) is 24.3 Å². The molecule has 3 heterocycles. The van der Waals surface area contributed by atoms with Gasteiger partial charge in [0.15, 0.2) is 0 Å². The first-order valence-corrected chi connectivity index (χ1v) is 8.73. The molecule has 3 aliphatic heterocycles. The normalized spacial score (nSPS) is 35.2. The minimum Gasteiger partial charge on any atom is -0.490 e. The van der Waals surface area contributed by atoms with Crippen molar-refractivity contribution in [2.45, 2.75) is 37.6 Å². The summed E-state index contributed by atoms with van der Waals surface area (Å²) in [6.07, 6.45) is 0. The Hall–Kier alpha value is -1.63. The fourth-order valence-electron chi connectivity index (χ4n) is 2.81. The first-order valence-electron chi connectivity index (χ1n) is 8.73. The van der Waals surface area contributed by atoms with Crippen molar-refractivity contribution in [2.24, 2.45) is 0 Å². The van der Waals surface area contributed by atoms with Gasteiger partial charge in [0, 0.05) is 0 Å². The Morgan fingerprint density at radius 2 is 1.52 bits per heavy atom. The van der Waals surface area contributed by atoms with E-state index < -0.39 is 0 Å². The van der Waals surface area contributed by atoms with Gasteiger partial charge >= 0.3 is 0 Å². The van der Waals surface area contributed by atoms with Gasteiger partial charge in [-0.1, -0.05) is 12.1 Å². The molecule has 0 aromatic heterocycles. The molecule has 3 aliphatic rings. The zero-order valence-corrected chi connectivity index (χ0v) is 15.0. The van der Waals surface area contributed by atoms with Gasteiger partial charge in [-0.2, -0.15) is 0 Å². The van der Waals surface area contributed by atoms with Gasteiger partial charge in [0.1, 0.15) is 29.2 Å². The van der Waals surface area contributed by atoms with Crippen molar-refractivity contribution >= 4 is 5.91 Å². The molecule has 6 nitrogen and oxygen atoms in total. The fourth-order valence-corrected chi connectivity index (χ4v) is 2.81. The third-order valence-corrected chi connectivity index (χ3v) is 4.90. The number of ether oxygens (including phenoxy) is 4. The van der Waals surface area contributed by atoms with Gasteiger partial charge in [0.05, 0.1) is 38.5 Å². The predicted octanol–water partition coefficient (Wildman–Crippen LogP) is 1.87. The van der Waals surface area contributed by atoms with Crippen molar-refractivity contribution in [1.29, 1.82) is 0 Å². The second kappa shape index (κ2) is 5.69. The molecule has 6 heteroatoms. The summed E-state index contributed by atoms with van der Waals surface area (Å²) in [5.41, 5.74) is -0.140.